The zero-order chi connectivity index (χ0) is 30.5. The molecule has 0 saturated heterocycles. The number of esters is 1. The molecule has 0 amide bonds. The van der Waals surface area contributed by atoms with Crippen molar-refractivity contribution in [3.05, 3.63) is 47.7 Å². The molecule has 1 aromatic heterocycles. The van der Waals surface area contributed by atoms with E-state index in [4.69, 9.17) is 10.5 Å². The van der Waals surface area contributed by atoms with Gasteiger partial charge in [0.1, 0.15) is 12.1 Å². The van der Waals surface area contributed by atoms with Gasteiger partial charge in [-0.15, -0.1) is 0 Å². The van der Waals surface area contributed by atoms with Gasteiger partial charge in [-0.2, -0.15) is 0 Å². The van der Waals surface area contributed by atoms with Crippen molar-refractivity contribution >= 4 is 16.9 Å². The van der Waals surface area contributed by atoms with Crippen LogP contribution in [0.5, 0.6) is 0 Å². The number of carbonyl (C=O) groups excluding carboxylic acids is 1. The molecule has 44 heavy (non-hydrogen) atoms. The zero-order valence-electron chi connectivity index (χ0n) is 27.9. The van der Waals surface area contributed by atoms with Crippen LogP contribution in [0.4, 0.5) is 0 Å². The van der Waals surface area contributed by atoms with E-state index in [0.717, 1.165) is 60.3 Å². The summed E-state index contributed by atoms with van der Waals surface area (Å²) in [5.41, 5.74) is 11.1. The van der Waals surface area contributed by atoms with E-state index in [9.17, 15) is 4.79 Å². The van der Waals surface area contributed by atoms with Crippen molar-refractivity contribution in [1.82, 2.24) is 4.57 Å². The summed E-state index contributed by atoms with van der Waals surface area (Å²) in [4.78, 5) is 13.2. The maximum absolute atomic E-state index is 13.2. The molecular weight excluding hydrogens is 540 g/mol. The summed E-state index contributed by atoms with van der Waals surface area (Å²) in [5.74, 6) is 4.82. The van der Waals surface area contributed by atoms with E-state index in [-0.39, 0.29) is 24.9 Å². The minimum atomic E-state index is -0.636. The van der Waals surface area contributed by atoms with Crippen molar-refractivity contribution in [2.45, 2.75) is 131 Å². The summed E-state index contributed by atoms with van der Waals surface area (Å²) >= 11 is 0. The lowest BCUT2D eigenvalue weighted by Crippen LogP contribution is -2.51. The van der Waals surface area contributed by atoms with E-state index in [1.54, 1.807) is 5.57 Å². The van der Waals surface area contributed by atoms with Gasteiger partial charge in [-0.25, -0.2) is 0 Å². The molecule has 1 heterocycles. The Morgan fingerprint density at radius 1 is 1.05 bits per heavy atom. The number of aryl methyl sites for hydroxylation is 1. The molecule has 4 aliphatic rings. The molecule has 0 spiro atoms. The highest BCUT2D eigenvalue weighted by atomic mass is 16.5. The van der Waals surface area contributed by atoms with Crippen molar-refractivity contribution in [2.24, 2.45) is 59.1 Å². The lowest BCUT2D eigenvalue weighted by Gasteiger charge is -2.58. The Morgan fingerprint density at radius 3 is 2.59 bits per heavy atom. The number of nitrogens with zero attached hydrogens (tertiary/aromatic N) is 1. The van der Waals surface area contributed by atoms with Crippen LogP contribution in [0.3, 0.4) is 0 Å². The van der Waals surface area contributed by atoms with Crippen LogP contribution < -0.4 is 5.73 Å². The van der Waals surface area contributed by atoms with Crippen LogP contribution in [0.25, 0.3) is 10.9 Å². The quantitative estimate of drug-likeness (QED) is 0.230. The predicted octanol–water partition coefficient (Wildman–Crippen LogP) is 9.64. The van der Waals surface area contributed by atoms with Gasteiger partial charge < -0.3 is 15.0 Å². The van der Waals surface area contributed by atoms with Crippen LogP contribution >= 0.6 is 0 Å². The molecule has 3 fully saturated rings. The van der Waals surface area contributed by atoms with Gasteiger partial charge in [0.15, 0.2) is 0 Å². The van der Waals surface area contributed by atoms with E-state index in [2.05, 4.69) is 63.6 Å². The summed E-state index contributed by atoms with van der Waals surface area (Å²) in [6, 6.07) is 7.68. The van der Waals surface area contributed by atoms with Crippen molar-refractivity contribution in [2.75, 3.05) is 0 Å². The van der Waals surface area contributed by atoms with Gasteiger partial charge in [0.05, 0.1) is 0 Å². The topological polar surface area (TPSA) is 57.2 Å². The normalized spacial score (nSPS) is 34.4. The first-order valence-electron chi connectivity index (χ1n) is 17.7. The molecule has 4 aliphatic carbocycles. The smallest absolute Gasteiger partial charge is 0.323 e. The summed E-state index contributed by atoms with van der Waals surface area (Å²) in [6.45, 7) is 12.5. The average Bonchev–Trinajstić information content (AvgIpc) is 3.49. The van der Waals surface area contributed by atoms with Gasteiger partial charge in [0.2, 0.25) is 0 Å². The minimum Gasteiger partial charge on any atom is -0.461 e. The second-order valence-electron chi connectivity index (χ2n) is 16.2. The molecule has 244 valence electrons. The average molecular weight is 603 g/mol. The standard InChI is InChI=1S/C39H58N2O2.CH4/c1-25(2)10-9-11-26(3)32-16-17-33-31-15-14-28-23-29(18-20-38(28,4)34(31)19-21-39(32,33)5)43-37(42)35(40)22-27-24-41(6)36-13-8-7-12-30(27)36;/h7-8,12-14,24-26,29,31-35H,9-11,15-23,40H2,1-6H3;1H4/t26-,29+,31+,32-,33+,34+,35+,38+,39-;/m1./s1. The van der Waals surface area contributed by atoms with Crippen LogP contribution in [0.2, 0.25) is 0 Å². The Kier molecular flexibility index (Phi) is 9.82. The first kappa shape index (κ1) is 33.3. The number of hydrogen-bond acceptors (Lipinski definition) is 3. The number of fused-ring (bicyclic) bond motifs is 6. The molecule has 6 rings (SSSR count). The number of allylic oxidation sites excluding steroid dienone is 1. The van der Waals surface area contributed by atoms with Crippen LogP contribution in [-0.4, -0.2) is 22.7 Å². The Hall–Kier alpha value is -2.07. The molecule has 4 heteroatoms. The Labute approximate surface area is 268 Å². The molecule has 0 aliphatic heterocycles. The van der Waals surface area contributed by atoms with Crippen LogP contribution in [-0.2, 0) is 23.0 Å². The van der Waals surface area contributed by atoms with Crippen LogP contribution in [0, 0.1) is 46.3 Å². The third kappa shape index (κ3) is 5.94. The van der Waals surface area contributed by atoms with Crippen molar-refractivity contribution in [3.63, 3.8) is 0 Å². The van der Waals surface area contributed by atoms with Gasteiger partial charge >= 0.3 is 5.97 Å². The zero-order valence-corrected chi connectivity index (χ0v) is 27.9. The predicted molar refractivity (Wildman–Crippen MR) is 184 cm³/mol. The summed E-state index contributed by atoms with van der Waals surface area (Å²) < 4.78 is 8.25. The Bertz CT molecular complexity index is 1340. The highest BCUT2D eigenvalue weighted by Crippen LogP contribution is 2.67. The molecule has 3 saturated carbocycles. The van der Waals surface area contributed by atoms with Gasteiger partial charge in [-0.1, -0.05) is 91.2 Å². The highest BCUT2D eigenvalue weighted by molar-refractivity contribution is 5.85. The molecule has 2 N–H and O–H groups in total. The second kappa shape index (κ2) is 13.0. The highest BCUT2D eigenvalue weighted by Gasteiger charge is 2.59. The number of para-hydroxylation sites is 1. The molecule has 9 atom stereocenters. The van der Waals surface area contributed by atoms with E-state index in [1.165, 1.54) is 62.3 Å². The third-order valence-electron chi connectivity index (χ3n) is 13.3. The fourth-order valence-electron chi connectivity index (χ4n) is 10.9. The maximum Gasteiger partial charge on any atom is 0.323 e. The van der Waals surface area contributed by atoms with Crippen LogP contribution in [0.1, 0.15) is 118 Å². The van der Waals surface area contributed by atoms with Gasteiger partial charge in [-0.3, -0.25) is 4.79 Å². The number of benzene rings is 1. The Morgan fingerprint density at radius 2 is 1.82 bits per heavy atom. The van der Waals surface area contributed by atoms with E-state index in [0.29, 0.717) is 11.8 Å². The van der Waals surface area contributed by atoms with Crippen LogP contribution in [0.15, 0.2) is 42.1 Å². The molecule has 0 bridgehead atoms. The summed E-state index contributed by atoms with van der Waals surface area (Å²) in [6.07, 6.45) is 19.2. The number of hydrogen-bond donors (Lipinski definition) is 1. The number of aromatic nitrogens is 1. The van der Waals surface area contributed by atoms with Crippen molar-refractivity contribution in [3.8, 4) is 0 Å². The number of ether oxygens (including phenoxy) is 1. The number of carbonyl (C=O) groups is 1. The maximum atomic E-state index is 13.2. The lowest BCUT2D eigenvalue weighted by molar-refractivity contribution is -0.153. The largest absolute Gasteiger partial charge is 0.461 e. The van der Waals surface area contributed by atoms with Crippen molar-refractivity contribution in [1.29, 1.82) is 0 Å². The SMILES string of the molecule is C.CC(C)CCC[C@@H](C)[C@H]1CC[C@H]2[C@@H]3CC=C4C[C@@H](OC(=O)[C@@H](N)Cc5cn(C)c6ccccc56)CC[C@]4(C)[C@H]3CC[C@]12C. The fraction of sp³-hybridized carbons (Fsp3) is 0.725. The Balaban J connectivity index is 0.00000384. The number of nitrogens with two attached hydrogens (primary N) is 1. The number of rotatable bonds is 9. The first-order chi connectivity index (χ1) is 20.5. The lowest BCUT2D eigenvalue weighted by atomic mass is 9.47. The molecule has 4 nitrogen and oxygen atoms in total. The van der Waals surface area contributed by atoms with E-state index < -0.39 is 6.04 Å². The fourth-order valence-corrected chi connectivity index (χ4v) is 10.9. The minimum absolute atomic E-state index is 0. The molecule has 0 unspecified atom stereocenters. The first-order valence-corrected chi connectivity index (χ1v) is 17.7. The monoisotopic (exact) mass is 602 g/mol. The van der Waals surface area contributed by atoms with Gasteiger partial charge in [0, 0.05) is 37.0 Å². The van der Waals surface area contributed by atoms with E-state index in [1.807, 2.05) is 19.2 Å². The molecule has 1 aromatic carbocycles. The second-order valence-corrected chi connectivity index (χ2v) is 16.2. The van der Waals surface area contributed by atoms with E-state index >= 15 is 0 Å². The van der Waals surface area contributed by atoms with Crippen molar-refractivity contribution < 1.29 is 9.53 Å². The van der Waals surface area contributed by atoms with Gasteiger partial charge in [-0.05, 0) is 103 Å². The summed E-state index contributed by atoms with van der Waals surface area (Å²) in [7, 11) is 2.05. The summed E-state index contributed by atoms with van der Waals surface area (Å²) in [5, 5.41) is 1.17. The molecular formula is C40H62N2O2. The molecule has 2 aromatic rings. The third-order valence-corrected chi connectivity index (χ3v) is 13.3. The molecule has 0 radical (unpaired) electrons. The van der Waals surface area contributed by atoms with Gasteiger partial charge in [0.25, 0.3) is 0 Å².